The zero-order valence-corrected chi connectivity index (χ0v) is 14.1. The van der Waals surface area contributed by atoms with Gasteiger partial charge in [-0.05, 0) is 36.9 Å². The molecule has 0 bridgehead atoms. The number of hydrogen-bond donors (Lipinski definition) is 1. The average molecular weight is 288 g/mol. The molecule has 0 aliphatic carbocycles. The van der Waals surface area contributed by atoms with Crippen LogP contribution < -0.4 is 10.2 Å². The molecule has 0 fully saturated rings. The highest BCUT2D eigenvalue weighted by atomic mass is 15.2. The zero-order valence-electron chi connectivity index (χ0n) is 14.1. The molecule has 0 spiro atoms. The summed E-state index contributed by atoms with van der Waals surface area (Å²) < 4.78 is 0. The van der Waals surface area contributed by atoms with Crippen LogP contribution >= 0.6 is 0 Å². The molecule has 2 atom stereocenters. The largest absolute Gasteiger partial charge is 0.371 e. The van der Waals surface area contributed by atoms with Crippen molar-refractivity contribution in [2.45, 2.75) is 58.9 Å². The molecule has 2 heteroatoms. The fourth-order valence-corrected chi connectivity index (χ4v) is 3.51. The lowest BCUT2D eigenvalue weighted by Gasteiger charge is -2.38. The number of anilines is 1. The highest BCUT2D eigenvalue weighted by Gasteiger charge is 2.25. The molecular weight excluding hydrogens is 256 g/mol. The first-order valence-corrected chi connectivity index (χ1v) is 8.87. The van der Waals surface area contributed by atoms with Crippen molar-refractivity contribution in [3.63, 3.8) is 0 Å². The van der Waals surface area contributed by atoms with Gasteiger partial charge in [-0.1, -0.05) is 58.2 Å². The molecule has 0 aromatic heterocycles. The fourth-order valence-electron chi connectivity index (χ4n) is 3.51. The topological polar surface area (TPSA) is 15.3 Å². The maximum absolute atomic E-state index is 3.64. The third-order valence-electron chi connectivity index (χ3n) is 4.81. The van der Waals surface area contributed by atoms with E-state index >= 15 is 0 Å². The smallest absolute Gasteiger partial charge is 0.0414 e. The third kappa shape index (κ3) is 4.23. The van der Waals surface area contributed by atoms with E-state index < -0.39 is 0 Å². The van der Waals surface area contributed by atoms with E-state index in [0.29, 0.717) is 6.04 Å². The van der Waals surface area contributed by atoms with Crippen molar-refractivity contribution < 1.29 is 0 Å². The molecule has 118 valence electrons. The van der Waals surface area contributed by atoms with Crippen LogP contribution in [0.1, 0.15) is 64.5 Å². The molecule has 1 aromatic rings. The first-order chi connectivity index (χ1) is 10.3. The van der Waals surface area contributed by atoms with Crippen LogP contribution in [-0.4, -0.2) is 19.6 Å². The van der Waals surface area contributed by atoms with Crippen LogP contribution in [0.5, 0.6) is 0 Å². The van der Waals surface area contributed by atoms with E-state index in [0.717, 1.165) is 12.5 Å². The Bertz CT molecular complexity index is 416. The van der Waals surface area contributed by atoms with Gasteiger partial charge in [-0.3, -0.25) is 0 Å². The summed E-state index contributed by atoms with van der Waals surface area (Å²) >= 11 is 0. The van der Waals surface area contributed by atoms with Crippen molar-refractivity contribution in [1.82, 2.24) is 5.32 Å². The first kappa shape index (κ1) is 16.4. The van der Waals surface area contributed by atoms with Crippen LogP contribution in [0.25, 0.3) is 0 Å². The summed E-state index contributed by atoms with van der Waals surface area (Å²) in [5.41, 5.74) is 2.96. The van der Waals surface area contributed by atoms with E-state index in [2.05, 4.69) is 55.3 Å². The Hall–Kier alpha value is -1.02. The molecule has 21 heavy (non-hydrogen) atoms. The molecule has 0 saturated carbocycles. The molecule has 0 amide bonds. The Morgan fingerprint density at radius 3 is 2.76 bits per heavy atom. The molecule has 2 nitrogen and oxygen atoms in total. The lowest BCUT2D eigenvalue weighted by molar-refractivity contribution is 0.422. The van der Waals surface area contributed by atoms with Crippen molar-refractivity contribution in [2.24, 2.45) is 5.92 Å². The normalized spacial score (nSPS) is 19.4. The molecule has 0 saturated heterocycles. The monoisotopic (exact) mass is 288 g/mol. The second-order valence-electron chi connectivity index (χ2n) is 6.32. The predicted octanol–water partition coefficient (Wildman–Crippen LogP) is 4.76. The Morgan fingerprint density at radius 2 is 2.05 bits per heavy atom. The van der Waals surface area contributed by atoms with Crippen molar-refractivity contribution in [2.75, 3.05) is 24.5 Å². The van der Waals surface area contributed by atoms with Gasteiger partial charge in [-0.2, -0.15) is 0 Å². The van der Waals surface area contributed by atoms with Gasteiger partial charge in [0.05, 0.1) is 0 Å². The lowest BCUT2D eigenvalue weighted by atomic mass is 9.93. The van der Waals surface area contributed by atoms with Gasteiger partial charge >= 0.3 is 0 Å². The lowest BCUT2D eigenvalue weighted by Crippen LogP contribution is -2.38. The van der Waals surface area contributed by atoms with Gasteiger partial charge in [-0.25, -0.2) is 0 Å². The van der Waals surface area contributed by atoms with E-state index in [1.54, 1.807) is 0 Å². The maximum atomic E-state index is 3.64. The van der Waals surface area contributed by atoms with E-state index in [-0.39, 0.29) is 0 Å². The van der Waals surface area contributed by atoms with Gasteiger partial charge < -0.3 is 10.2 Å². The van der Waals surface area contributed by atoms with Crippen molar-refractivity contribution in [1.29, 1.82) is 0 Å². The number of hydrogen-bond acceptors (Lipinski definition) is 2. The van der Waals surface area contributed by atoms with Crippen molar-refractivity contribution in [3.05, 3.63) is 29.8 Å². The highest BCUT2D eigenvalue weighted by molar-refractivity contribution is 5.57. The number of benzene rings is 1. The van der Waals surface area contributed by atoms with E-state index in [9.17, 15) is 0 Å². The van der Waals surface area contributed by atoms with E-state index in [4.69, 9.17) is 0 Å². The molecule has 2 rings (SSSR count). The van der Waals surface area contributed by atoms with Crippen LogP contribution in [0.4, 0.5) is 5.69 Å². The second kappa shape index (κ2) is 8.43. The Morgan fingerprint density at radius 1 is 1.24 bits per heavy atom. The summed E-state index contributed by atoms with van der Waals surface area (Å²) in [6.07, 6.45) is 6.59. The molecule has 1 aromatic carbocycles. The van der Waals surface area contributed by atoms with Gasteiger partial charge in [0.1, 0.15) is 0 Å². The average Bonchev–Trinajstić information content (AvgIpc) is 2.53. The molecule has 1 aliphatic heterocycles. The van der Waals surface area contributed by atoms with Gasteiger partial charge in [0.25, 0.3) is 0 Å². The second-order valence-corrected chi connectivity index (χ2v) is 6.32. The molecule has 2 unspecified atom stereocenters. The molecule has 1 aliphatic rings. The van der Waals surface area contributed by atoms with Gasteiger partial charge in [0.15, 0.2) is 0 Å². The van der Waals surface area contributed by atoms with Crippen LogP contribution in [0.15, 0.2) is 24.3 Å². The summed E-state index contributed by atoms with van der Waals surface area (Å²) in [5.74, 6) is 0.841. The minimum atomic E-state index is 0.540. The fraction of sp³-hybridized carbons (Fsp3) is 0.684. The predicted molar refractivity (Wildman–Crippen MR) is 93.0 cm³/mol. The Kier molecular flexibility index (Phi) is 6.56. The number of fused-ring (bicyclic) bond motifs is 1. The van der Waals surface area contributed by atoms with Crippen LogP contribution in [0.3, 0.4) is 0 Å². The summed E-state index contributed by atoms with van der Waals surface area (Å²) in [5, 5.41) is 3.64. The van der Waals surface area contributed by atoms with Crippen LogP contribution in [0, 0.1) is 5.92 Å². The SMILES string of the molecule is CCCCC(CC)CN1CCC(NCC)c2ccccc21. The van der Waals surface area contributed by atoms with Gasteiger partial charge in [-0.15, -0.1) is 0 Å². The van der Waals surface area contributed by atoms with Crippen LogP contribution in [0.2, 0.25) is 0 Å². The van der Waals surface area contributed by atoms with Crippen molar-refractivity contribution >= 4 is 5.69 Å². The summed E-state index contributed by atoms with van der Waals surface area (Å²) in [6, 6.07) is 9.53. The zero-order chi connectivity index (χ0) is 15.1. The summed E-state index contributed by atoms with van der Waals surface area (Å²) in [7, 11) is 0. The first-order valence-electron chi connectivity index (χ1n) is 8.87. The van der Waals surface area contributed by atoms with E-state index in [1.165, 1.54) is 56.4 Å². The maximum Gasteiger partial charge on any atom is 0.0414 e. The number of para-hydroxylation sites is 1. The number of nitrogens with one attached hydrogen (secondary N) is 1. The third-order valence-corrected chi connectivity index (χ3v) is 4.81. The molecule has 1 heterocycles. The highest BCUT2D eigenvalue weighted by Crippen LogP contribution is 2.34. The number of nitrogens with zero attached hydrogens (tertiary/aromatic N) is 1. The molecule has 1 N–H and O–H groups in total. The quantitative estimate of drug-likeness (QED) is 0.741. The number of unbranched alkanes of at least 4 members (excludes halogenated alkanes) is 1. The summed E-state index contributed by atoms with van der Waals surface area (Å²) in [6.45, 7) is 10.3. The number of rotatable bonds is 8. The van der Waals surface area contributed by atoms with Gasteiger partial charge in [0.2, 0.25) is 0 Å². The molecule has 0 radical (unpaired) electrons. The van der Waals surface area contributed by atoms with E-state index in [1.807, 2.05) is 0 Å². The summed E-state index contributed by atoms with van der Waals surface area (Å²) in [4.78, 5) is 2.63. The Balaban J connectivity index is 2.09. The van der Waals surface area contributed by atoms with Gasteiger partial charge in [0, 0.05) is 24.8 Å². The Labute approximate surface area is 130 Å². The van der Waals surface area contributed by atoms with Crippen LogP contribution in [-0.2, 0) is 0 Å². The molecular formula is C19H32N2. The standard InChI is InChI=1S/C19H32N2/c1-4-7-10-16(5-2)15-21-14-13-18(20-6-3)17-11-8-9-12-19(17)21/h8-9,11-12,16,18,20H,4-7,10,13-15H2,1-3H3. The minimum absolute atomic E-state index is 0.540. The van der Waals surface area contributed by atoms with Crippen molar-refractivity contribution in [3.8, 4) is 0 Å². The minimum Gasteiger partial charge on any atom is -0.371 e.